The van der Waals surface area contributed by atoms with Crippen LogP contribution >= 0.6 is 12.4 Å². The summed E-state index contributed by atoms with van der Waals surface area (Å²) < 4.78 is 15.3. The highest BCUT2D eigenvalue weighted by Crippen LogP contribution is 2.24. The van der Waals surface area contributed by atoms with Crippen molar-refractivity contribution < 1.29 is 4.39 Å². The molecule has 0 amide bonds. The fraction of sp³-hybridized carbons (Fsp3) is 0.400. The van der Waals surface area contributed by atoms with Crippen LogP contribution in [-0.2, 0) is 13.6 Å². The van der Waals surface area contributed by atoms with Crippen LogP contribution in [-0.4, -0.2) is 34.3 Å². The molecule has 6 heteroatoms. The van der Waals surface area contributed by atoms with E-state index in [2.05, 4.69) is 15.3 Å². The van der Waals surface area contributed by atoms with Gasteiger partial charge in [0.2, 0.25) is 0 Å². The maximum absolute atomic E-state index is 13.4. The van der Waals surface area contributed by atoms with Gasteiger partial charge in [-0.25, -0.2) is 4.39 Å². The third-order valence-electron chi connectivity index (χ3n) is 3.88. The molecule has 0 bridgehead atoms. The molecule has 2 heterocycles. The van der Waals surface area contributed by atoms with Gasteiger partial charge in [-0.3, -0.25) is 9.58 Å². The number of aromatic nitrogens is 2. The highest BCUT2D eigenvalue weighted by molar-refractivity contribution is 5.85. The Balaban J connectivity index is 0.00000161. The average Bonchev–Trinajstić information content (AvgIpc) is 2.85. The molecule has 0 spiro atoms. The lowest BCUT2D eigenvalue weighted by molar-refractivity contribution is 0.150. The molecule has 4 nitrogen and oxygen atoms in total. The summed E-state index contributed by atoms with van der Waals surface area (Å²) in [5.41, 5.74) is 2.20. The van der Waals surface area contributed by atoms with Gasteiger partial charge in [0.1, 0.15) is 5.82 Å². The second kappa shape index (κ2) is 7.02. The van der Waals surface area contributed by atoms with Crippen molar-refractivity contribution in [3.05, 3.63) is 53.6 Å². The first kappa shape index (κ1) is 15.9. The van der Waals surface area contributed by atoms with Crippen LogP contribution in [0.15, 0.2) is 36.5 Å². The minimum atomic E-state index is -0.173. The van der Waals surface area contributed by atoms with E-state index in [0.717, 1.165) is 31.7 Å². The predicted molar refractivity (Wildman–Crippen MR) is 82.9 cm³/mol. The van der Waals surface area contributed by atoms with E-state index in [9.17, 15) is 4.39 Å². The number of benzene rings is 1. The lowest BCUT2D eigenvalue weighted by Crippen LogP contribution is -2.45. The number of hydrogen-bond donors (Lipinski definition) is 1. The molecule has 21 heavy (non-hydrogen) atoms. The van der Waals surface area contributed by atoms with Gasteiger partial charge in [0, 0.05) is 45.5 Å². The fourth-order valence-corrected chi connectivity index (χ4v) is 2.74. The van der Waals surface area contributed by atoms with Crippen molar-refractivity contribution >= 4 is 12.4 Å². The molecule has 0 saturated carbocycles. The molecule has 1 fully saturated rings. The molecule has 1 aromatic heterocycles. The Kier molecular flexibility index (Phi) is 5.33. The molecule has 114 valence electrons. The van der Waals surface area contributed by atoms with Crippen LogP contribution in [0.3, 0.4) is 0 Å². The first-order chi connectivity index (χ1) is 9.74. The Morgan fingerprint density at radius 2 is 2.24 bits per heavy atom. The minimum Gasteiger partial charge on any atom is -0.314 e. The Labute approximate surface area is 130 Å². The summed E-state index contributed by atoms with van der Waals surface area (Å²) >= 11 is 0. The van der Waals surface area contributed by atoms with Crippen molar-refractivity contribution in [3.8, 4) is 0 Å². The fourth-order valence-electron chi connectivity index (χ4n) is 2.74. The summed E-state index contributed by atoms with van der Waals surface area (Å²) in [5, 5.41) is 7.60. The van der Waals surface area contributed by atoms with Gasteiger partial charge in [0.15, 0.2) is 0 Å². The van der Waals surface area contributed by atoms with Crippen molar-refractivity contribution in [2.75, 3.05) is 19.6 Å². The molecule has 2 aromatic rings. The van der Waals surface area contributed by atoms with Crippen molar-refractivity contribution in [1.29, 1.82) is 0 Å². The Bertz CT molecular complexity index is 587. The molecule has 1 aliphatic rings. The minimum absolute atomic E-state index is 0. The number of nitrogens with one attached hydrogen (secondary N) is 1. The largest absolute Gasteiger partial charge is 0.314 e. The topological polar surface area (TPSA) is 33.1 Å². The van der Waals surface area contributed by atoms with Crippen LogP contribution in [0.2, 0.25) is 0 Å². The predicted octanol–water partition coefficient (Wildman–Crippen LogP) is 2.13. The first-order valence-corrected chi connectivity index (χ1v) is 6.91. The summed E-state index contributed by atoms with van der Waals surface area (Å²) in [5.74, 6) is -0.173. The quantitative estimate of drug-likeness (QED) is 0.943. The zero-order valence-electron chi connectivity index (χ0n) is 12.0. The summed E-state index contributed by atoms with van der Waals surface area (Å²) in [7, 11) is 1.95. The Morgan fingerprint density at radius 1 is 1.38 bits per heavy atom. The molecular weight excluding hydrogens is 291 g/mol. The summed E-state index contributed by atoms with van der Waals surface area (Å²) in [6, 6.07) is 9.14. The average molecular weight is 311 g/mol. The lowest BCUT2D eigenvalue weighted by Gasteiger charge is -2.36. The zero-order valence-corrected chi connectivity index (χ0v) is 12.8. The summed E-state index contributed by atoms with van der Waals surface area (Å²) in [4.78, 5) is 2.38. The SMILES string of the molecule is Cl.Cn1nccc1CN1CCNCC1c1cccc(F)c1. The van der Waals surface area contributed by atoms with E-state index in [1.807, 2.05) is 30.1 Å². The molecule has 1 aromatic carbocycles. The molecule has 1 aliphatic heterocycles. The van der Waals surface area contributed by atoms with Gasteiger partial charge >= 0.3 is 0 Å². The van der Waals surface area contributed by atoms with Crippen LogP contribution in [0.4, 0.5) is 4.39 Å². The third-order valence-corrected chi connectivity index (χ3v) is 3.88. The van der Waals surface area contributed by atoms with Crippen molar-refractivity contribution in [1.82, 2.24) is 20.0 Å². The number of aryl methyl sites for hydroxylation is 1. The molecule has 3 rings (SSSR count). The van der Waals surface area contributed by atoms with Gasteiger partial charge in [-0.2, -0.15) is 5.10 Å². The number of hydrogen-bond acceptors (Lipinski definition) is 3. The van der Waals surface area contributed by atoms with Crippen LogP contribution < -0.4 is 5.32 Å². The summed E-state index contributed by atoms with van der Waals surface area (Å²) in [6.07, 6.45) is 1.81. The van der Waals surface area contributed by atoms with E-state index in [1.54, 1.807) is 12.1 Å². The molecule has 0 aliphatic carbocycles. The van der Waals surface area contributed by atoms with E-state index in [1.165, 1.54) is 11.8 Å². The smallest absolute Gasteiger partial charge is 0.123 e. The maximum atomic E-state index is 13.4. The van der Waals surface area contributed by atoms with Gasteiger partial charge in [-0.1, -0.05) is 12.1 Å². The monoisotopic (exact) mass is 310 g/mol. The summed E-state index contributed by atoms with van der Waals surface area (Å²) in [6.45, 7) is 3.59. The zero-order chi connectivity index (χ0) is 13.9. The second-order valence-corrected chi connectivity index (χ2v) is 5.19. The molecule has 1 N–H and O–H groups in total. The molecule has 0 radical (unpaired) electrons. The molecule has 1 atom stereocenters. The van der Waals surface area contributed by atoms with Gasteiger partial charge in [0.05, 0.1) is 5.69 Å². The van der Waals surface area contributed by atoms with Crippen LogP contribution in [0, 0.1) is 5.82 Å². The number of halogens is 2. The lowest BCUT2D eigenvalue weighted by atomic mass is 10.0. The van der Waals surface area contributed by atoms with Gasteiger partial charge in [0.25, 0.3) is 0 Å². The number of rotatable bonds is 3. The maximum Gasteiger partial charge on any atom is 0.123 e. The Morgan fingerprint density at radius 3 is 2.95 bits per heavy atom. The number of piperazine rings is 1. The highest BCUT2D eigenvalue weighted by Gasteiger charge is 2.24. The van der Waals surface area contributed by atoms with Gasteiger partial charge < -0.3 is 5.32 Å². The molecule has 1 unspecified atom stereocenters. The van der Waals surface area contributed by atoms with Crippen LogP contribution in [0.1, 0.15) is 17.3 Å². The van der Waals surface area contributed by atoms with Crippen molar-refractivity contribution in [2.24, 2.45) is 7.05 Å². The second-order valence-electron chi connectivity index (χ2n) is 5.19. The standard InChI is InChI=1S/C15H19FN4.ClH/c1-19-14(5-6-18-19)11-20-8-7-17-10-15(20)12-3-2-4-13(16)9-12;/h2-6,9,15,17H,7-8,10-11H2,1H3;1H. The van der Waals surface area contributed by atoms with E-state index in [-0.39, 0.29) is 24.3 Å². The third kappa shape index (κ3) is 3.61. The van der Waals surface area contributed by atoms with Crippen molar-refractivity contribution in [2.45, 2.75) is 12.6 Å². The van der Waals surface area contributed by atoms with E-state index in [4.69, 9.17) is 0 Å². The van der Waals surface area contributed by atoms with Crippen molar-refractivity contribution in [3.63, 3.8) is 0 Å². The van der Waals surface area contributed by atoms with E-state index in [0.29, 0.717) is 0 Å². The van der Waals surface area contributed by atoms with E-state index >= 15 is 0 Å². The van der Waals surface area contributed by atoms with Gasteiger partial charge in [-0.05, 0) is 23.8 Å². The Hall–Kier alpha value is -1.43. The van der Waals surface area contributed by atoms with Crippen LogP contribution in [0.25, 0.3) is 0 Å². The highest BCUT2D eigenvalue weighted by atomic mass is 35.5. The molecule has 1 saturated heterocycles. The molecular formula is C15H20ClFN4. The normalized spacial score (nSPS) is 19.2. The van der Waals surface area contributed by atoms with Gasteiger partial charge in [-0.15, -0.1) is 12.4 Å². The van der Waals surface area contributed by atoms with Crippen LogP contribution in [0.5, 0.6) is 0 Å². The van der Waals surface area contributed by atoms with E-state index < -0.39 is 0 Å². The number of nitrogens with zero attached hydrogens (tertiary/aromatic N) is 3. The first-order valence-electron chi connectivity index (χ1n) is 6.91.